The summed E-state index contributed by atoms with van der Waals surface area (Å²) in [5, 5.41) is 4.51. The van der Waals surface area contributed by atoms with Crippen LogP contribution in [0, 0.1) is 5.82 Å². The van der Waals surface area contributed by atoms with Gasteiger partial charge in [-0.15, -0.1) is 0 Å². The van der Waals surface area contributed by atoms with E-state index in [0.717, 1.165) is 5.56 Å². The third kappa shape index (κ3) is 4.45. The van der Waals surface area contributed by atoms with Gasteiger partial charge < -0.3 is 10.6 Å². The van der Waals surface area contributed by atoms with Crippen LogP contribution < -0.4 is 10.6 Å². The lowest BCUT2D eigenvalue weighted by Gasteiger charge is -2.16. The summed E-state index contributed by atoms with van der Waals surface area (Å²) in [6.45, 7) is -1.41. The molecule has 2 aromatic rings. The molecule has 3 rings (SSSR count). The van der Waals surface area contributed by atoms with E-state index in [9.17, 15) is 27.2 Å². The molecule has 0 heterocycles. The van der Waals surface area contributed by atoms with Crippen molar-refractivity contribution in [1.82, 2.24) is 5.32 Å². The number of nitrogens with one attached hydrogen (secondary N) is 2. The zero-order valence-electron chi connectivity index (χ0n) is 14.1. The van der Waals surface area contributed by atoms with Gasteiger partial charge in [0.2, 0.25) is 5.91 Å². The standard InChI is InChI=1S/C19H16F4N2O2/c20-14-5-3-13(4-6-14)18(9-10-18)17(27)25-15-7-1-12(2-8-15)16(26)24-11-19(21,22)23/h1-8H,9-11H2,(H,24,26)(H,25,27). The van der Waals surface area contributed by atoms with Gasteiger partial charge in [0.25, 0.3) is 5.91 Å². The lowest BCUT2D eigenvalue weighted by atomic mass is 9.95. The molecule has 0 aromatic heterocycles. The minimum atomic E-state index is -4.48. The Hall–Kier alpha value is -2.90. The highest BCUT2D eigenvalue weighted by Gasteiger charge is 2.51. The number of halogens is 4. The maximum Gasteiger partial charge on any atom is 0.405 e. The van der Waals surface area contributed by atoms with Gasteiger partial charge in [-0.1, -0.05) is 12.1 Å². The molecule has 2 N–H and O–H groups in total. The summed E-state index contributed by atoms with van der Waals surface area (Å²) in [7, 11) is 0. The lowest BCUT2D eigenvalue weighted by Crippen LogP contribution is -2.33. The van der Waals surface area contributed by atoms with Crippen LogP contribution in [0.4, 0.5) is 23.2 Å². The van der Waals surface area contributed by atoms with Crippen molar-refractivity contribution in [2.45, 2.75) is 24.4 Å². The molecular formula is C19H16F4N2O2. The van der Waals surface area contributed by atoms with E-state index in [1.165, 1.54) is 36.4 Å². The third-order valence-electron chi connectivity index (χ3n) is 4.44. The maximum absolute atomic E-state index is 13.1. The number of carbonyl (C=O) groups is 2. The van der Waals surface area contributed by atoms with Gasteiger partial charge in [0.1, 0.15) is 12.4 Å². The van der Waals surface area contributed by atoms with Crippen molar-refractivity contribution in [2.24, 2.45) is 0 Å². The SMILES string of the molecule is O=C(NCC(F)(F)F)c1ccc(NC(=O)C2(c3ccc(F)cc3)CC2)cc1. The van der Waals surface area contributed by atoms with E-state index < -0.39 is 24.0 Å². The first-order valence-electron chi connectivity index (χ1n) is 8.22. The molecule has 0 unspecified atom stereocenters. The Morgan fingerprint density at radius 2 is 1.56 bits per heavy atom. The van der Waals surface area contributed by atoms with Crippen LogP contribution in [0.2, 0.25) is 0 Å². The molecule has 1 saturated carbocycles. The van der Waals surface area contributed by atoms with Gasteiger partial charge in [-0.3, -0.25) is 9.59 Å². The average Bonchev–Trinajstić information content (AvgIpc) is 3.42. The van der Waals surface area contributed by atoms with Crippen LogP contribution in [-0.4, -0.2) is 24.5 Å². The fourth-order valence-electron chi connectivity index (χ4n) is 2.78. The molecule has 0 radical (unpaired) electrons. The third-order valence-corrected chi connectivity index (χ3v) is 4.44. The second-order valence-electron chi connectivity index (χ2n) is 6.42. The van der Waals surface area contributed by atoms with Gasteiger partial charge in [0.05, 0.1) is 5.41 Å². The van der Waals surface area contributed by atoms with Gasteiger partial charge in [-0.2, -0.15) is 13.2 Å². The zero-order chi connectivity index (χ0) is 19.7. The predicted molar refractivity (Wildman–Crippen MR) is 90.8 cm³/mol. The highest BCUT2D eigenvalue weighted by Crippen LogP contribution is 2.49. The monoisotopic (exact) mass is 380 g/mol. The Morgan fingerprint density at radius 1 is 0.963 bits per heavy atom. The van der Waals surface area contributed by atoms with Gasteiger partial charge >= 0.3 is 6.18 Å². The van der Waals surface area contributed by atoms with Gasteiger partial charge in [-0.25, -0.2) is 4.39 Å². The minimum Gasteiger partial charge on any atom is -0.343 e. The fourth-order valence-corrected chi connectivity index (χ4v) is 2.78. The summed E-state index contributed by atoms with van der Waals surface area (Å²) in [6.07, 6.45) is -3.20. The number of amides is 2. The summed E-state index contributed by atoms with van der Waals surface area (Å²) in [5.41, 5.74) is 0.499. The molecule has 1 aliphatic carbocycles. The number of anilines is 1. The van der Waals surface area contributed by atoms with Crippen LogP contribution in [0.5, 0.6) is 0 Å². The lowest BCUT2D eigenvalue weighted by molar-refractivity contribution is -0.123. The number of carbonyl (C=O) groups excluding carboxylic acids is 2. The molecule has 0 aliphatic heterocycles. The van der Waals surface area contributed by atoms with Crippen LogP contribution in [-0.2, 0) is 10.2 Å². The Bertz CT molecular complexity index is 842. The smallest absolute Gasteiger partial charge is 0.343 e. The van der Waals surface area contributed by atoms with E-state index in [1.54, 1.807) is 17.4 Å². The Labute approximate surface area is 152 Å². The van der Waals surface area contributed by atoms with Crippen molar-refractivity contribution in [1.29, 1.82) is 0 Å². The van der Waals surface area contributed by atoms with E-state index >= 15 is 0 Å². The van der Waals surface area contributed by atoms with Crippen molar-refractivity contribution in [3.8, 4) is 0 Å². The summed E-state index contributed by atoms with van der Waals surface area (Å²) >= 11 is 0. The normalized spacial score (nSPS) is 15.1. The van der Waals surface area contributed by atoms with Crippen molar-refractivity contribution in [3.63, 3.8) is 0 Å². The molecule has 4 nitrogen and oxygen atoms in total. The average molecular weight is 380 g/mol. The molecule has 0 spiro atoms. The predicted octanol–water partition coefficient (Wildman–Crippen LogP) is 3.79. The van der Waals surface area contributed by atoms with Crippen molar-refractivity contribution < 1.29 is 27.2 Å². The van der Waals surface area contributed by atoms with E-state index in [-0.39, 0.29) is 17.3 Å². The Balaban J connectivity index is 1.64. The first-order valence-corrected chi connectivity index (χ1v) is 8.22. The number of alkyl halides is 3. The summed E-state index contributed by atoms with van der Waals surface area (Å²) in [4.78, 5) is 24.3. The highest BCUT2D eigenvalue weighted by molar-refractivity contribution is 6.02. The number of hydrogen-bond acceptors (Lipinski definition) is 2. The molecule has 2 aromatic carbocycles. The Morgan fingerprint density at radius 3 is 2.07 bits per heavy atom. The topological polar surface area (TPSA) is 58.2 Å². The molecule has 142 valence electrons. The van der Waals surface area contributed by atoms with Crippen molar-refractivity contribution in [3.05, 3.63) is 65.5 Å². The van der Waals surface area contributed by atoms with Crippen molar-refractivity contribution >= 4 is 17.5 Å². The highest BCUT2D eigenvalue weighted by atomic mass is 19.4. The second-order valence-corrected chi connectivity index (χ2v) is 6.42. The van der Waals surface area contributed by atoms with Crippen molar-refractivity contribution in [2.75, 3.05) is 11.9 Å². The first kappa shape index (κ1) is 18.9. The minimum absolute atomic E-state index is 0.0527. The summed E-state index contributed by atoms with van der Waals surface area (Å²) in [5.74, 6) is -1.48. The van der Waals surface area contributed by atoms with E-state index in [4.69, 9.17) is 0 Å². The Kier molecular flexibility index (Phi) is 4.91. The second kappa shape index (κ2) is 7.02. The zero-order valence-corrected chi connectivity index (χ0v) is 14.1. The molecule has 2 amide bonds. The first-order chi connectivity index (χ1) is 12.7. The van der Waals surface area contributed by atoms with E-state index in [2.05, 4.69) is 5.32 Å². The molecular weight excluding hydrogens is 364 g/mol. The molecule has 1 aliphatic rings. The van der Waals surface area contributed by atoms with Crippen LogP contribution >= 0.6 is 0 Å². The molecule has 27 heavy (non-hydrogen) atoms. The molecule has 0 bridgehead atoms. The van der Waals surface area contributed by atoms with E-state index in [1.807, 2.05) is 0 Å². The van der Waals surface area contributed by atoms with Crippen LogP contribution in [0.25, 0.3) is 0 Å². The summed E-state index contributed by atoms with van der Waals surface area (Å²) < 4.78 is 49.5. The molecule has 1 fully saturated rings. The largest absolute Gasteiger partial charge is 0.405 e. The number of hydrogen-bond donors (Lipinski definition) is 2. The molecule has 8 heteroatoms. The van der Waals surface area contributed by atoms with Gasteiger partial charge in [0.15, 0.2) is 0 Å². The maximum atomic E-state index is 13.1. The molecule has 0 saturated heterocycles. The summed E-state index contributed by atoms with van der Waals surface area (Å²) in [6, 6.07) is 11.3. The van der Waals surface area contributed by atoms with Crippen LogP contribution in [0.3, 0.4) is 0 Å². The van der Waals surface area contributed by atoms with E-state index in [0.29, 0.717) is 18.5 Å². The van der Waals surface area contributed by atoms with Crippen LogP contribution in [0.15, 0.2) is 48.5 Å². The number of rotatable bonds is 5. The van der Waals surface area contributed by atoms with Crippen LogP contribution in [0.1, 0.15) is 28.8 Å². The number of benzene rings is 2. The van der Waals surface area contributed by atoms with Gasteiger partial charge in [0, 0.05) is 11.3 Å². The van der Waals surface area contributed by atoms with Gasteiger partial charge in [-0.05, 0) is 54.8 Å². The fraction of sp³-hybridized carbons (Fsp3) is 0.263. The molecule has 0 atom stereocenters. The quantitative estimate of drug-likeness (QED) is 0.776.